The first-order valence-corrected chi connectivity index (χ1v) is 4.57. The predicted octanol–water partition coefficient (Wildman–Crippen LogP) is 2.54. The van der Waals surface area contributed by atoms with Gasteiger partial charge in [0.2, 0.25) is 0 Å². The fourth-order valence-electron chi connectivity index (χ4n) is 1.14. The van der Waals surface area contributed by atoms with Crippen molar-refractivity contribution >= 4 is 15.9 Å². The maximum atomic E-state index is 8.54. The van der Waals surface area contributed by atoms with Gasteiger partial charge in [-0.15, -0.1) is 0 Å². The Balaban J connectivity index is 3.05. The number of aryl methyl sites for hydroxylation is 2. The highest BCUT2D eigenvalue weighted by Gasteiger charge is 2.01. The van der Waals surface area contributed by atoms with Crippen LogP contribution in [0.3, 0.4) is 0 Å². The maximum Gasteiger partial charge on any atom is 0.0461 e. The van der Waals surface area contributed by atoms with Gasteiger partial charge in [0.15, 0.2) is 0 Å². The zero-order valence-corrected chi connectivity index (χ0v) is 8.77. The van der Waals surface area contributed by atoms with E-state index in [2.05, 4.69) is 27.5 Å². The van der Waals surface area contributed by atoms with Crippen molar-refractivity contribution in [2.45, 2.75) is 20.4 Å². The van der Waals surface area contributed by atoms with Crippen LogP contribution in [0.5, 0.6) is 0 Å². The maximum absolute atomic E-state index is 8.54. The molecule has 0 spiro atoms. The van der Waals surface area contributed by atoms with Gasteiger partial charge in [-0.25, -0.2) is 5.48 Å². The van der Waals surface area contributed by atoms with Gasteiger partial charge in [-0.1, -0.05) is 22.0 Å². The van der Waals surface area contributed by atoms with E-state index in [0.29, 0.717) is 6.54 Å². The van der Waals surface area contributed by atoms with Crippen LogP contribution >= 0.6 is 15.9 Å². The minimum absolute atomic E-state index is 0.491. The highest BCUT2D eigenvalue weighted by Crippen LogP contribution is 2.20. The van der Waals surface area contributed by atoms with Crippen molar-refractivity contribution in [3.05, 3.63) is 33.3 Å². The first-order chi connectivity index (χ1) is 5.65. The molecule has 0 heterocycles. The molecule has 0 amide bonds. The Kier molecular flexibility index (Phi) is 3.26. The smallest absolute Gasteiger partial charge is 0.0461 e. The van der Waals surface area contributed by atoms with Gasteiger partial charge >= 0.3 is 0 Å². The number of hydroxylamine groups is 1. The molecule has 0 bridgehead atoms. The van der Waals surface area contributed by atoms with Crippen LogP contribution in [0.2, 0.25) is 0 Å². The Morgan fingerprint density at radius 1 is 1.33 bits per heavy atom. The van der Waals surface area contributed by atoms with Gasteiger partial charge in [-0.05, 0) is 36.6 Å². The second-order valence-electron chi connectivity index (χ2n) is 2.86. The van der Waals surface area contributed by atoms with Gasteiger partial charge < -0.3 is 5.21 Å². The highest BCUT2D eigenvalue weighted by molar-refractivity contribution is 9.10. The summed E-state index contributed by atoms with van der Waals surface area (Å²) in [7, 11) is 0. The molecule has 0 saturated heterocycles. The van der Waals surface area contributed by atoms with Crippen molar-refractivity contribution in [2.75, 3.05) is 0 Å². The van der Waals surface area contributed by atoms with E-state index in [9.17, 15) is 0 Å². The topological polar surface area (TPSA) is 32.3 Å². The summed E-state index contributed by atoms with van der Waals surface area (Å²) in [5, 5.41) is 8.54. The van der Waals surface area contributed by atoms with Crippen molar-refractivity contribution in [3.8, 4) is 0 Å². The minimum Gasteiger partial charge on any atom is -0.316 e. The summed E-state index contributed by atoms with van der Waals surface area (Å²) >= 11 is 3.44. The normalized spacial score (nSPS) is 10.3. The number of rotatable bonds is 2. The predicted molar refractivity (Wildman–Crippen MR) is 52.2 cm³/mol. The van der Waals surface area contributed by atoms with Gasteiger partial charge in [0.25, 0.3) is 0 Å². The Hall–Kier alpha value is -0.380. The molecule has 1 aromatic carbocycles. The molecule has 1 rings (SSSR count). The average Bonchev–Trinajstić information content (AvgIpc) is 2.01. The van der Waals surface area contributed by atoms with Crippen LogP contribution in [-0.4, -0.2) is 5.21 Å². The van der Waals surface area contributed by atoms with E-state index < -0.39 is 0 Å². The Bertz CT molecular complexity index is 286. The Labute approximate surface area is 80.7 Å². The van der Waals surface area contributed by atoms with Crippen LogP contribution in [0.15, 0.2) is 16.6 Å². The van der Waals surface area contributed by atoms with Crippen molar-refractivity contribution in [1.29, 1.82) is 0 Å². The van der Waals surface area contributed by atoms with Crippen LogP contribution in [0.25, 0.3) is 0 Å². The highest BCUT2D eigenvalue weighted by atomic mass is 79.9. The molecular formula is C9H12BrNO. The van der Waals surface area contributed by atoms with E-state index in [4.69, 9.17) is 5.21 Å². The summed E-state index contributed by atoms with van der Waals surface area (Å²) < 4.78 is 1.08. The van der Waals surface area contributed by atoms with Crippen LogP contribution in [0.4, 0.5) is 0 Å². The molecule has 2 N–H and O–H groups in total. The third kappa shape index (κ3) is 2.06. The quantitative estimate of drug-likeness (QED) is 0.765. The fourth-order valence-corrected chi connectivity index (χ4v) is 1.53. The molecule has 0 aromatic heterocycles. The van der Waals surface area contributed by atoms with Crippen molar-refractivity contribution in [2.24, 2.45) is 0 Å². The molecule has 0 unspecified atom stereocenters. The van der Waals surface area contributed by atoms with Crippen molar-refractivity contribution in [3.63, 3.8) is 0 Å². The van der Waals surface area contributed by atoms with Crippen LogP contribution < -0.4 is 5.48 Å². The lowest BCUT2D eigenvalue weighted by molar-refractivity contribution is 0.161. The first-order valence-electron chi connectivity index (χ1n) is 3.77. The van der Waals surface area contributed by atoms with E-state index in [0.717, 1.165) is 10.0 Å². The molecule has 0 aliphatic carbocycles. The zero-order chi connectivity index (χ0) is 9.14. The summed E-state index contributed by atoms with van der Waals surface area (Å²) in [5.74, 6) is 0. The summed E-state index contributed by atoms with van der Waals surface area (Å²) in [6.07, 6.45) is 0. The zero-order valence-electron chi connectivity index (χ0n) is 7.19. The van der Waals surface area contributed by atoms with Crippen LogP contribution in [0.1, 0.15) is 16.7 Å². The van der Waals surface area contributed by atoms with Crippen molar-refractivity contribution in [1.82, 2.24) is 5.48 Å². The third-order valence-electron chi connectivity index (χ3n) is 1.89. The molecular weight excluding hydrogens is 218 g/mol. The number of benzene rings is 1. The Morgan fingerprint density at radius 2 is 2.00 bits per heavy atom. The molecule has 1 aromatic rings. The van der Waals surface area contributed by atoms with E-state index in [1.807, 2.05) is 19.9 Å². The van der Waals surface area contributed by atoms with Crippen molar-refractivity contribution < 1.29 is 5.21 Å². The second kappa shape index (κ2) is 4.03. The molecule has 0 aliphatic rings. The third-order valence-corrected chi connectivity index (χ3v) is 2.74. The molecule has 0 fully saturated rings. The van der Waals surface area contributed by atoms with Gasteiger partial charge in [0.05, 0.1) is 0 Å². The lowest BCUT2D eigenvalue weighted by atomic mass is 10.1. The summed E-state index contributed by atoms with van der Waals surface area (Å²) in [6, 6.07) is 4.12. The molecule has 0 atom stereocenters. The van der Waals surface area contributed by atoms with Gasteiger partial charge in [-0.3, -0.25) is 0 Å². The van der Waals surface area contributed by atoms with E-state index >= 15 is 0 Å². The SMILES string of the molecule is Cc1cc(C)c(CNO)cc1Br. The van der Waals surface area contributed by atoms with Gasteiger partial charge in [-0.2, -0.15) is 0 Å². The monoisotopic (exact) mass is 229 g/mol. The Morgan fingerprint density at radius 3 is 2.58 bits per heavy atom. The minimum atomic E-state index is 0.491. The molecule has 0 radical (unpaired) electrons. The molecule has 12 heavy (non-hydrogen) atoms. The van der Waals surface area contributed by atoms with E-state index in [-0.39, 0.29) is 0 Å². The number of hydrogen-bond donors (Lipinski definition) is 2. The van der Waals surface area contributed by atoms with Gasteiger partial charge in [0.1, 0.15) is 0 Å². The number of halogens is 1. The standard InChI is InChI=1S/C9H12BrNO/c1-6-3-7(2)9(10)4-8(6)5-11-12/h3-4,11-12H,5H2,1-2H3. The summed E-state index contributed by atoms with van der Waals surface area (Å²) in [4.78, 5) is 0. The second-order valence-corrected chi connectivity index (χ2v) is 3.72. The average molecular weight is 230 g/mol. The van der Waals surface area contributed by atoms with E-state index in [1.54, 1.807) is 0 Å². The molecule has 66 valence electrons. The summed E-state index contributed by atoms with van der Waals surface area (Å²) in [6.45, 7) is 4.57. The molecule has 0 saturated carbocycles. The number of hydrogen-bond acceptors (Lipinski definition) is 2. The lowest BCUT2D eigenvalue weighted by Crippen LogP contribution is -2.07. The number of nitrogens with one attached hydrogen (secondary N) is 1. The van der Waals surface area contributed by atoms with Gasteiger partial charge in [0, 0.05) is 11.0 Å². The lowest BCUT2D eigenvalue weighted by Gasteiger charge is -2.07. The van der Waals surface area contributed by atoms with Crippen LogP contribution in [-0.2, 0) is 6.54 Å². The first kappa shape index (κ1) is 9.71. The summed E-state index contributed by atoms with van der Waals surface area (Å²) in [5.41, 5.74) is 5.67. The molecule has 2 nitrogen and oxygen atoms in total. The molecule has 0 aliphatic heterocycles. The van der Waals surface area contributed by atoms with Crippen LogP contribution in [0, 0.1) is 13.8 Å². The van der Waals surface area contributed by atoms with E-state index in [1.165, 1.54) is 11.1 Å². The fraction of sp³-hybridized carbons (Fsp3) is 0.333. The molecule has 3 heteroatoms. The largest absolute Gasteiger partial charge is 0.316 e.